The molecule has 0 bridgehead atoms. The van der Waals surface area contributed by atoms with Gasteiger partial charge in [0.25, 0.3) is 0 Å². The molecule has 4 heteroatoms. The van der Waals surface area contributed by atoms with Gasteiger partial charge in [-0.05, 0) is 40.5 Å². The molecular weight excluding hydrogens is 244 g/mol. The highest BCUT2D eigenvalue weighted by Crippen LogP contribution is 2.05. The summed E-state index contributed by atoms with van der Waals surface area (Å²) in [6.45, 7) is 2.65. The largest absolute Gasteiger partial charge is 0.385 e. The van der Waals surface area contributed by atoms with Gasteiger partial charge in [0.2, 0.25) is 0 Å². The zero-order valence-corrected chi connectivity index (χ0v) is 9.88. The van der Waals surface area contributed by atoms with Crippen molar-refractivity contribution < 1.29 is 4.74 Å². The van der Waals surface area contributed by atoms with Crippen molar-refractivity contribution in [3.05, 3.63) is 28.5 Å². The number of nitrogens with zero attached hydrogens (tertiary/aromatic N) is 1. The molecule has 0 aliphatic rings. The lowest BCUT2D eigenvalue weighted by Crippen LogP contribution is -2.16. The molecule has 0 fully saturated rings. The molecule has 0 aliphatic heterocycles. The average Bonchev–Trinajstić information content (AvgIpc) is 2.21. The second-order valence-corrected chi connectivity index (χ2v) is 3.82. The van der Waals surface area contributed by atoms with Crippen LogP contribution in [0.3, 0.4) is 0 Å². The molecule has 1 aromatic rings. The minimum Gasteiger partial charge on any atom is -0.385 e. The van der Waals surface area contributed by atoms with Crippen molar-refractivity contribution in [2.75, 3.05) is 20.3 Å². The monoisotopic (exact) mass is 258 g/mol. The van der Waals surface area contributed by atoms with Crippen LogP contribution in [0.2, 0.25) is 0 Å². The topological polar surface area (TPSA) is 34.1 Å². The maximum atomic E-state index is 4.95. The summed E-state index contributed by atoms with van der Waals surface area (Å²) in [5.74, 6) is 0. The quantitative estimate of drug-likeness (QED) is 0.626. The van der Waals surface area contributed by atoms with E-state index in [1.807, 2.05) is 12.3 Å². The lowest BCUT2D eigenvalue weighted by atomic mass is 10.3. The van der Waals surface area contributed by atoms with E-state index >= 15 is 0 Å². The van der Waals surface area contributed by atoms with E-state index < -0.39 is 0 Å². The summed E-state index contributed by atoms with van der Waals surface area (Å²) in [6, 6.07) is 4.01. The van der Waals surface area contributed by atoms with Crippen LogP contribution in [0.4, 0.5) is 0 Å². The van der Waals surface area contributed by atoms with Gasteiger partial charge in [-0.15, -0.1) is 0 Å². The van der Waals surface area contributed by atoms with Crippen molar-refractivity contribution >= 4 is 15.9 Å². The molecule has 1 heterocycles. The van der Waals surface area contributed by atoms with Gasteiger partial charge in [-0.2, -0.15) is 0 Å². The molecule has 0 spiro atoms. The van der Waals surface area contributed by atoms with Crippen molar-refractivity contribution in [1.82, 2.24) is 10.3 Å². The van der Waals surface area contributed by atoms with Gasteiger partial charge < -0.3 is 10.1 Å². The Balaban J connectivity index is 2.15. The van der Waals surface area contributed by atoms with E-state index in [9.17, 15) is 0 Å². The SMILES string of the molecule is COCCCNCc1ccc(Br)nc1. The summed E-state index contributed by atoms with van der Waals surface area (Å²) in [5.41, 5.74) is 1.20. The zero-order valence-electron chi connectivity index (χ0n) is 8.29. The fraction of sp³-hybridized carbons (Fsp3) is 0.500. The van der Waals surface area contributed by atoms with Crippen LogP contribution in [0, 0.1) is 0 Å². The minimum atomic E-state index is 0.811. The Bertz CT molecular complexity index is 251. The smallest absolute Gasteiger partial charge is 0.106 e. The number of hydrogen-bond acceptors (Lipinski definition) is 3. The van der Waals surface area contributed by atoms with E-state index in [1.165, 1.54) is 5.56 Å². The van der Waals surface area contributed by atoms with Crippen LogP contribution in [0.5, 0.6) is 0 Å². The third-order valence-corrected chi connectivity index (χ3v) is 2.29. The molecule has 0 aliphatic carbocycles. The molecule has 0 saturated heterocycles. The number of aromatic nitrogens is 1. The normalized spacial score (nSPS) is 10.4. The number of halogens is 1. The van der Waals surface area contributed by atoms with Crippen molar-refractivity contribution in [2.24, 2.45) is 0 Å². The number of nitrogens with one attached hydrogen (secondary N) is 1. The van der Waals surface area contributed by atoms with Gasteiger partial charge >= 0.3 is 0 Å². The Morgan fingerprint density at radius 2 is 2.36 bits per heavy atom. The lowest BCUT2D eigenvalue weighted by molar-refractivity contribution is 0.194. The van der Waals surface area contributed by atoms with Gasteiger partial charge in [-0.1, -0.05) is 6.07 Å². The number of rotatable bonds is 6. The van der Waals surface area contributed by atoms with Crippen LogP contribution in [-0.2, 0) is 11.3 Å². The lowest BCUT2D eigenvalue weighted by Gasteiger charge is -2.03. The van der Waals surface area contributed by atoms with Crippen molar-refractivity contribution in [3.8, 4) is 0 Å². The summed E-state index contributed by atoms with van der Waals surface area (Å²) in [7, 11) is 1.72. The molecule has 1 N–H and O–H groups in total. The Hall–Kier alpha value is -0.450. The van der Waals surface area contributed by atoms with Gasteiger partial charge in [0.1, 0.15) is 4.60 Å². The van der Waals surface area contributed by atoms with Gasteiger partial charge in [0, 0.05) is 26.5 Å². The molecule has 0 amide bonds. The molecule has 0 aromatic carbocycles. The molecule has 78 valence electrons. The summed E-state index contributed by atoms with van der Waals surface area (Å²) < 4.78 is 5.83. The Morgan fingerprint density at radius 1 is 1.50 bits per heavy atom. The molecule has 0 atom stereocenters. The highest BCUT2D eigenvalue weighted by Gasteiger charge is 1.93. The maximum absolute atomic E-state index is 4.95. The van der Waals surface area contributed by atoms with Crippen LogP contribution >= 0.6 is 15.9 Å². The standard InChI is InChI=1S/C10H15BrN2O/c1-14-6-2-5-12-7-9-3-4-10(11)13-8-9/h3-4,8,12H,2,5-7H2,1H3. The Labute approximate surface area is 93.0 Å². The third-order valence-electron chi connectivity index (χ3n) is 1.82. The molecule has 3 nitrogen and oxygen atoms in total. The molecule has 14 heavy (non-hydrogen) atoms. The van der Waals surface area contributed by atoms with Crippen molar-refractivity contribution in [3.63, 3.8) is 0 Å². The number of hydrogen-bond donors (Lipinski definition) is 1. The predicted octanol–water partition coefficient (Wildman–Crippen LogP) is 1.97. The van der Waals surface area contributed by atoms with Gasteiger partial charge in [0.15, 0.2) is 0 Å². The molecule has 1 rings (SSSR count). The van der Waals surface area contributed by atoms with Crippen LogP contribution < -0.4 is 5.32 Å². The first-order valence-electron chi connectivity index (χ1n) is 4.63. The highest BCUT2D eigenvalue weighted by molar-refractivity contribution is 9.10. The van der Waals surface area contributed by atoms with Gasteiger partial charge in [-0.25, -0.2) is 4.98 Å². The van der Waals surface area contributed by atoms with Crippen LogP contribution in [-0.4, -0.2) is 25.2 Å². The number of pyridine rings is 1. The first-order valence-corrected chi connectivity index (χ1v) is 5.42. The Kier molecular flexibility index (Phi) is 5.75. The number of ether oxygens (including phenoxy) is 1. The molecule has 1 aromatic heterocycles. The first kappa shape index (κ1) is 11.6. The highest BCUT2D eigenvalue weighted by atomic mass is 79.9. The van der Waals surface area contributed by atoms with Crippen molar-refractivity contribution in [2.45, 2.75) is 13.0 Å². The van der Waals surface area contributed by atoms with Gasteiger partial charge in [-0.3, -0.25) is 0 Å². The van der Waals surface area contributed by atoms with E-state index in [0.717, 1.165) is 30.7 Å². The summed E-state index contributed by atoms with van der Waals surface area (Å²) in [6.07, 6.45) is 2.91. The van der Waals surface area contributed by atoms with E-state index in [2.05, 4.69) is 32.3 Å². The molecular formula is C10H15BrN2O. The zero-order chi connectivity index (χ0) is 10.2. The van der Waals surface area contributed by atoms with E-state index in [-0.39, 0.29) is 0 Å². The number of methoxy groups -OCH3 is 1. The molecule has 0 saturated carbocycles. The maximum Gasteiger partial charge on any atom is 0.106 e. The summed E-state index contributed by atoms with van der Waals surface area (Å²) in [5, 5.41) is 3.32. The van der Waals surface area contributed by atoms with Crippen LogP contribution in [0.25, 0.3) is 0 Å². The second-order valence-electron chi connectivity index (χ2n) is 3.01. The van der Waals surface area contributed by atoms with Crippen LogP contribution in [0.1, 0.15) is 12.0 Å². The first-order chi connectivity index (χ1) is 6.83. The summed E-state index contributed by atoms with van der Waals surface area (Å²) >= 11 is 3.30. The third kappa shape index (κ3) is 4.69. The fourth-order valence-corrected chi connectivity index (χ4v) is 1.32. The van der Waals surface area contributed by atoms with Gasteiger partial charge in [0.05, 0.1) is 0 Å². The predicted molar refractivity (Wildman–Crippen MR) is 60.1 cm³/mol. The second kappa shape index (κ2) is 6.92. The van der Waals surface area contributed by atoms with E-state index in [1.54, 1.807) is 7.11 Å². The Morgan fingerprint density at radius 3 is 3.00 bits per heavy atom. The van der Waals surface area contributed by atoms with E-state index in [4.69, 9.17) is 4.74 Å². The van der Waals surface area contributed by atoms with Crippen LogP contribution in [0.15, 0.2) is 22.9 Å². The summed E-state index contributed by atoms with van der Waals surface area (Å²) in [4.78, 5) is 4.15. The molecule has 0 radical (unpaired) electrons. The molecule has 0 unspecified atom stereocenters. The van der Waals surface area contributed by atoms with E-state index in [0.29, 0.717) is 0 Å². The average molecular weight is 259 g/mol. The fourth-order valence-electron chi connectivity index (χ4n) is 1.09. The minimum absolute atomic E-state index is 0.811. The van der Waals surface area contributed by atoms with Crippen molar-refractivity contribution in [1.29, 1.82) is 0 Å².